The molecule has 0 aromatic heterocycles. The summed E-state index contributed by atoms with van der Waals surface area (Å²) in [5, 5.41) is 0. The first-order chi connectivity index (χ1) is 7.95. The average molecular weight is 254 g/mol. The van der Waals surface area contributed by atoms with Crippen molar-refractivity contribution in [2.45, 2.75) is 25.9 Å². The topological polar surface area (TPSA) is 38.5 Å². The third-order valence-corrected chi connectivity index (χ3v) is 3.30. The van der Waals surface area contributed by atoms with Crippen LogP contribution in [0.1, 0.15) is 19.8 Å². The van der Waals surface area contributed by atoms with Crippen LogP contribution in [0.25, 0.3) is 0 Å². The van der Waals surface area contributed by atoms with Crippen molar-refractivity contribution < 1.29 is 17.9 Å². The fourth-order valence-electron chi connectivity index (χ4n) is 2.19. The van der Waals surface area contributed by atoms with Crippen molar-refractivity contribution in [2.75, 3.05) is 39.4 Å². The second-order valence-corrected chi connectivity index (χ2v) is 4.58. The third kappa shape index (κ3) is 3.56. The van der Waals surface area contributed by atoms with E-state index in [0.29, 0.717) is 26.2 Å². The summed E-state index contributed by atoms with van der Waals surface area (Å²) in [6, 6.07) is 0. The Morgan fingerprint density at radius 2 is 2.12 bits per heavy atom. The first-order valence-electron chi connectivity index (χ1n) is 6.02. The zero-order chi connectivity index (χ0) is 12.9. The highest BCUT2D eigenvalue weighted by Crippen LogP contribution is 2.45. The first kappa shape index (κ1) is 14.7. The summed E-state index contributed by atoms with van der Waals surface area (Å²) in [5.41, 5.74) is 3.68. The zero-order valence-electron chi connectivity index (χ0n) is 10.2. The van der Waals surface area contributed by atoms with Crippen molar-refractivity contribution in [3.63, 3.8) is 0 Å². The molecule has 0 aliphatic carbocycles. The van der Waals surface area contributed by atoms with Gasteiger partial charge in [0, 0.05) is 13.2 Å². The summed E-state index contributed by atoms with van der Waals surface area (Å²) in [6.45, 7) is 3.47. The van der Waals surface area contributed by atoms with Crippen LogP contribution in [0.2, 0.25) is 0 Å². The lowest BCUT2D eigenvalue weighted by molar-refractivity contribution is -0.234. The molecule has 102 valence electrons. The van der Waals surface area contributed by atoms with E-state index in [9.17, 15) is 13.2 Å². The van der Waals surface area contributed by atoms with Gasteiger partial charge in [0.05, 0.1) is 6.61 Å². The predicted molar refractivity (Wildman–Crippen MR) is 59.7 cm³/mol. The molecule has 1 saturated heterocycles. The second kappa shape index (κ2) is 6.02. The van der Waals surface area contributed by atoms with Gasteiger partial charge in [-0.3, -0.25) is 0 Å². The molecular formula is C11H21F3N2O. The molecule has 3 nitrogen and oxygen atoms in total. The fourth-order valence-corrected chi connectivity index (χ4v) is 2.19. The number of hydrogen-bond acceptors (Lipinski definition) is 3. The third-order valence-electron chi connectivity index (χ3n) is 3.30. The highest BCUT2D eigenvalue weighted by atomic mass is 19.4. The summed E-state index contributed by atoms with van der Waals surface area (Å²) in [6.07, 6.45) is -3.33. The predicted octanol–water partition coefficient (Wildman–Crippen LogP) is 1.63. The second-order valence-electron chi connectivity index (χ2n) is 4.58. The molecule has 1 atom stereocenters. The first-order valence-corrected chi connectivity index (χ1v) is 6.02. The summed E-state index contributed by atoms with van der Waals surface area (Å²) < 4.78 is 44.3. The number of nitrogens with zero attached hydrogens (tertiary/aromatic N) is 1. The normalized spacial score (nSPS) is 26.6. The van der Waals surface area contributed by atoms with Gasteiger partial charge >= 0.3 is 6.18 Å². The number of ether oxygens (including phenoxy) is 1. The molecular weight excluding hydrogens is 233 g/mol. The average Bonchev–Trinajstić information content (AvgIpc) is 2.68. The molecule has 0 aromatic carbocycles. The Morgan fingerprint density at radius 1 is 1.41 bits per heavy atom. The number of halogens is 3. The van der Waals surface area contributed by atoms with Crippen LogP contribution in [-0.2, 0) is 4.74 Å². The molecule has 1 heterocycles. The molecule has 1 aliphatic heterocycles. The highest BCUT2D eigenvalue weighted by Gasteiger charge is 2.57. The number of nitrogens with two attached hydrogens (primary N) is 1. The summed E-state index contributed by atoms with van der Waals surface area (Å²) in [4.78, 5) is 1.83. The number of likely N-dealkylation sites (tertiary alicyclic amines) is 1. The molecule has 0 radical (unpaired) electrons. The van der Waals surface area contributed by atoms with Crippen LogP contribution < -0.4 is 5.73 Å². The van der Waals surface area contributed by atoms with Gasteiger partial charge < -0.3 is 15.4 Å². The maximum absolute atomic E-state index is 13.1. The molecule has 0 bridgehead atoms. The Hall–Kier alpha value is -0.330. The monoisotopic (exact) mass is 254 g/mol. The molecule has 0 aromatic rings. The van der Waals surface area contributed by atoms with Gasteiger partial charge in [-0.2, -0.15) is 13.2 Å². The van der Waals surface area contributed by atoms with Gasteiger partial charge in [-0.1, -0.05) is 0 Å². The number of rotatable bonds is 6. The van der Waals surface area contributed by atoms with Crippen molar-refractivity contribution in [3.8, 4) is 0 Å². The molecule has 17 heavy (non-hydrogen) atoms. The van der Waals surface area contributed by atoms with Crippen LogP contribution in [0.5, 0.6) is 0 Å². The van der Waals surface area contributed by atoms with Crippen molar-refractivity contribution in [1.29, 1.82) is 0 Å². The Kier molecular flexibility index (Phi) is 5.22. The Balaban J connectivity index is 2.61. The van der Waals surface area contributed by atoms with E-state index in [1.165, 1.54) is 0 Å². The van der Waals surface area contributed by atoms with E-state index in [-0.39, 0.29) is 19.6 Å². The maximum atomic E-state index is 13.1. The summed E-state index contributed by atoms with van der Waals surface area (Å²) in [7, 11) is 0. The lowest BCUT2D eigenvalue weighted by Crippen LogP contribution is -2.44. The Bertz CT molecular complexity index is 235. The van der Waals surface area contributed by atoms with E-state index in [2.05, 4.69) is 0 Å². The van der Waals surface area contributed by atoms with E-state index >= 15 is 0 Å². The van der Waals surface area contributed by atoms with Gasteiger partial charge in [0.25, 0.3) is 0 Å². The van der Waals surface area contributed by atoms with Crippen molar-refractivity contribution >= 4 is 0 Å². The van der Waals surface area contributed by atoms with Crippen LogP contribution in [0.4, 0.5) is 13.2 Å². The van der Waals surface area contributed by atoms with E-state index in [1.54, 1.807) is 6.92 Å². The molecule has 6 heteroatoms. The number of hydrogen-bond donors (Lipinski definition) is 1. The molecule has 1 rings (SSSR count). The van der Waals surface area contributed by atoms with Crippen molar-refractivity contribution in [3.05, 3.63) is 0 Å². The van der Waals surface area contributed by atoms with Gasteiger partial charge in [0.1, 0.15) is 5.41 Å². The quantitative estimate of drug-likeness (QED) is 0.783. The van der Waals surface area contributed by atoms with Crippen LogP contribution in [-0.4, -0.2) is 50.5 Å². The van der Waals surface area contributed by atoms with Gasteiger partial charge in [-0.15, -0.1) is 0 Å². The highest BCUT2D eigenvalue weighted by molar-refractivity contribution is 4.95. The number of alkyl halides is 3. The fraction of sp³-hybridized carbons (Fsp3) is 1.00. The molecule has 0 amide bonds. The molecule has 0 saturated carbocycles. The molecule has 0 unspecified atom stereocenters. The maximum Gasteiger partial charge on any atom is 0.397 e. The van der Waals surface area contributed by atoms with E-state index in [0.717, 1.165) is 6.42 Å². The van der Waals surface area contributed by atoms with Crippen LogP contribution >= 0.6 is 0 Å². The van der Waals surface area contributed by atoms with Crippen LogP contribution in [0.15, 0.2) is 0 Å². The van der Waals surface area contributed by atoms with Crippen molar-refractivity contribution in [1.82, 2.24) is 4.90 Å². The summed E-state index contributed by atoms with van der Waals surface area (Å²) in [5.74, 6) is 0. The van der Waals surface area contributed by atoms with Gasteiger partial charge in [-0.25, -0.2) is 0 Å². The van der Waals surface area contributed by atoms with Gasteiger partial charge in [0.15, 0.2) is 0 Å². The minimum atomic E-state index is -4.19. The standard InChI is InChI=1S/C11H21F3N2O/c1-2-17-9-10(11(12,13)14)4-7-16(8-10)6-3-5-15/h2-9,15H2,1H3/t10-/m1/s1. The zero-order valence-corrected chi connectivity index (χ0v) is 10.2. The lowest BCUT2D eigenvalue weighted by atomic mass is 9.87. The molecule has 2 N–H and O–H groups in total. The summed E-state index contributed by atoms with van der Waals surface area (Å²) >= 11 is 0. The van der Waals surface area contributed by atoms with E-state index < -0.39 is 11.6 Å². The Morgan fingerprint density at radius 3 is 2.65 bits per heavy atom. The minimum absolute atomic E-state index is 0.0382. The van der Waals surface area contributed by atoms with Crippen molar-refractivity contribution in [2.24, 2.45) is 11.1 Å². The Labute approximate surface area is 100 Å². The SMILES string of the molecule is CCOC[C@@]1(C(F)(F)F)CCN(CCCN)C1. The van der Waals surface area contributed by atoms with E-state index in [4.69, 9.17) is 10.5 Å². The van der Waals surface area contributed by atoms with Gasteiger partial charge in [0.2, 0.25) is 0 Å². The van der Waals surface area contributed by atoms with E-state index in [1.807, 2.05) is 4.90 Å². The lowest BCUT2D eigenvalue weighted by Gasteiger charge is -2.31. The molecule has 1 aliphatic rings. The molecule has 0 spiro atoms. The largest absolute Gasteiger partial charge is 0.397 e. The smallest absolute Gasteiger partial charge is 0.381 e. The van der Waals surface area contributed by atoms with Crippen LogP contribution in [0.3, 0.4) is 0 Å². The van der Waals surface area contributed by atoms with Gasteiger partial charge in [-0.05, 0) is 39.4 Å². The minimum Gasteiger partial charge on any atom is -0.381 e. The molecule has 1 fully saturated rings. The van der Waals surface area contributed by atoms with Crippen LogP contribution in [0, 0.1) is 5.41 Å².